The van der Waals surface area contributed by atoms with Crippen molar-refractivity contribution in [1.29, 1.82) is 0 Å². The zero-order chi connectivity index (χ0) is 9.56. The van der Waals surface area contributed by atoms with Crippen molar-refractivity contribution in [3.05, 3.63) is 12.7 Å². The van der Waals surface area contributed by atoms with E-state index in [0.717, 1.165) is 12.8 Å². The molecule has 3 unspecified atom stereocenters. The van der Waals surface area contributed by atoms with E-state index in [2.05, 4.69) is 6.58 Å². The van der Waals surface area contributed by atoms with Crippen LogP contribution in [0.4, 0.5) is 0 Å². The first-order valence-corrected chi connectivity index (χ1v) is 4.60. The zero-order valence-electron chi connectivity index (χ0n) is 8.03. The molecular formula is C10H20O2. The fourth-order valence-corrected chi connectivity index (χ4v) is 1.44. The highest BCUT2D eigenvalue weighted by Crippen LogP contribution is 2.17. The van der Waals surface area contributed by atoms with Gasteiger partial charge >= 0.3 is 0 Å². The first kappa shape index (κ1) is 11.7. The van der Waals surface area contributed by atoms with Gasteiger partial charge in [0.2, 0.25) is 0 Å². The molecule has 0 aromatic rings. The van der Waals surface area contributed by atoms with Gasteiger partial charge < -0.3 is 10.2 Å². The molecule has 0 aromatic carbocycles. The lowest BCUT2D eigenvalue weighted by molar-refractivity contribution is 0.0160. The Kier molecular flexibility index (Phi) is 6.03. The number of allylic oxidation sites excluding steroid dienone is 1. The predicted molar refractivity (Wildman–Crippen MR) is 50.9 cm³/mol. The van der Waals surface area contributed by atoms with Crippen LogP contribution in [0.1, 0.15) is 33.1 Å². The minimum atomic E-state index is -0.421. The molecule has 0 rings (SSSR count). The Morgan fingerprint density at radius 3 is 2.33 bits per heavy atom. The molecule has 2 N–H and O–H groups in total. The lowest BCUT2D eigenvalue weighted by Crippen LogP contribution is -2.29. The van der Waals surface area contributed by atoms with Crippen molar-refractivity contribution >= 4 is 0 Å². The summed E-state index contributed by atoms with van der Waals surface area (Å²) in [5.74, 6) is 0.00458. The van der Waals surface area contributed by atoms with Gasteiger partial charge in [-0.1, -0.05) is 13.0 Å². The summed E-state index contributed by atoms with van der Waals surface area (Å²) in [5.41, 5.74) is 0. The van der Waals surface area contributed by atoms with Crippen LogP contribution in [-0.2, 0) is 0 Å². The lowest BCUT2D eigenvalue weighted by Gasteiger charge is -2.23. The molecule has 0 heterocycles. The summed E-state index contributed by atoms with van der Waals surface area (Å²) in [6.07, 6.45) is 3.30. The van der Waals surface area contributed by atoms with Crippen LogP contribution in [-0.4, -0.2) is 22.4 Å². The van der Waals surface area contributed by atoms with Gasteiger partial charge in [-0.15, -0.1) is 6.58 Å². The van der Waals surface area contributed by atoms with Gasteiger partial charge in [-0.25, -0.2) is 0 Å². The van der Waals surface area contributed by atoms with Crippen LogP contribution in [0.2, 0.25) is 0 Å². The second kappa shape index (κ2) is 6.21. The molecule has 0 aliphatic carbocycles. The SMILES string of the molecule is C=CCCC(O)C(CC)C(C)O. The molecule has 0 radical (unpaired) electrons. The van der Waals surface area contributed by atoms with Gasteiger partial charge in [0, 0.05) is 5.92 Å². The third-order valence-corrected chi connectivity index (χ3v) is 2.25. The quantitative estimate of drug-likeness (QED) is 0.599. The zero-order valence-corrected chi connectivity index (χ0v) is 8.03. The van der Waals surface area contributed by atoms with E-state index in [0.29, 0.717) is 6.42 Å². The molecule has 0 aliphatic rings. The van der Waals surface area contributed by atoms with Crippen molar-refractivity contribution in [1.82, 2.24) is 0 Å². The van der Waals surface area contributed by atoms with Crippen LogP contribution >= 0.6 is 0 Å². The van der Waals surface area contributed by atoms with Crippen LogP contribution in [0.15, 0.2) is 12.7 Å². The fourth-order valence-electron chi connectivity index (χ4n) is 1.44. The van der Waals surface area contributed by atoms with E-state index in [-0.39, 0.29) is 5.92 Å². The van der Waals surface area contributed by atoms with Gasteiger partial charge in [-0.3, -0.25) is 0 Å². The number of aliphatic hydroxyl groups excluding tert-OH is 2. The van der Waals surface area contributed by atoms with Gasteiger partial charge in [0.25, 0.3) is 0 Å². The Morgan fingerprint density at radius 1 is 1.42 bits per heavy atom. The first-order chi connectivity index (χ1) is 5.63. The van der Waals surface area contributed by atoms with Crippen molar-refractivity contribution in [2.75, 3.05) is 0 Å². The highest BCUT2D eigenvalue weighted by atomic mass is 16.3. The first-order valence-electron chi connectivity index (χ1n) is 4.60. The van der Waals surface area contributed by atoms with Crippen molar-refractivity contribution in [3.8, 4) is 0 Å². The Labute approximate surface area is 74.9 Å². The minimum absolute atomic E-state index is 0.00458. The largest absolute Gasteiger partial charge is 0.393 e. The molecule has 0 spiro atoms. The molecule has 0 saturated heterocycles. The summed E-state index contributed by atoms with van der Waals surface area (Å²) in [4.78, 5) is 0. The standard InChI is InChI=1S/C10H20O2/c1-4-6-7-10(12)9(5-2)8(3)11/h4,8-12H,1,5-7H2,2-3H3. The second-order valence-electron chi connectivity index (χ2n) is 3.25. The monoisotopic (exact) mass is 172 g/mol. The maximum atomic E-state index is 9.60. The van der Waals surface area contributed by atoms with Crippen molar-refractivity contribution < 1.29 is 10.2 Å². The molecule has 0 amide bonds. The fraction of sp³-hybridized carbons (Fsp3) is 0.800. The van der Waals surface area contributed by atoms with Gasteiger partial charge in [-0.05, 0) is 26.2 Å². The predicted octanol–water partition coefficient (Wildman–Crippen LogP) is 1.72. The molecule has 2 heteroatoms. The van der Waals surface area contributed by atoms with Crippen molar-refractivity contribution in [2.24, 2.45) is 5.92 Å². The van der Waals surface area contributed by atoms with Gasteiger partial charge in [0.1, 0.15) is 0 Å². The van der Waals surface area contributed by atoms with Crippen molar-refractivity contribution in [2.45, 2.75) is 45.3 Å². The molecule has 0 fully saturated rings. The van der Waals surface area contributed by atoms with Gasteiger partial charge in [0.15, 0.2) is 0 Å². The molecule has 0 aliphatic heterocycles. The van der Waals surface area contributed by atoms with E-state index in [1.807, 2.05) is 6.92 Å². The summed E-state index contributed by atoms with van der Waals surface area (Å²) >= 11 is 0. The van der Waals surface area contributed by atoms with E-state index in [4.69, 9.17) is 0 Å². The molecule has 3 atom stereocenters. The topological polar surface area (TPSA) is 40.5 Å². The Balaban J connectivity index is 3.84. The van der Waals surface area contributed by atoms with E-state index in [1.54, 1.807) is 13.0 Å². The van der Waals surface area contributed by atoms with Crippen LogP contribution in [0.5, 0.6) is 0 Å². The molecule has 0 aromatic heterocycles. The molecule has 72 valence electrons. The average molecular weight is 172 g/mol. The van der Waals surface area contributed by atoms with Crippen LogP contribution in [0.3, 0.4) is 0 Å². The Morgan fingerprint density at radius 2 is 2.00 bits per heavy atom. The number of rotatable bonds is 6. The minimum Gasteiger partial charge on any atom is -0.393 e. The molecule has 0 saturated carbocycles. The summed E-state index contributed by atoms with van der Waals surface area (Å²) in [5, 5.41) is 18.9. The number of hydrogen-bond acceptors (Lipinski definition) is 2. The summed E-state index contributed by atoms with van der Waals surface area (Å²) < 4.78 is 0. The smallest absolute Gasteiger partial charge is 0.0595 e. The van der Waals surface area contributed by atoms with Gasteiger partial charge in [-0.2, -0.15) is 0 Å². The maximum Gasteiger partial charge on any atom is 0.0595 e. The van der Waals surface area contributed by atoms with Gasteiger partial charge in [0.05, 0.1) is 12.2 Å². The maximum absolute atomic E-state index is 9.60. The Bertz CT molecular complexity index is 121. The number of hydrogen-bond donors (Lipinski definition) is 2. The van der Waals surface area contributed by atoms with Crippen LogP contribution in [0.25, 0.3) is 0 Å². The highest BCUT2D eigenvalue weighted by Gasteiger charge is 2.20. The molecule has 2 nitrogen and oxygen atoms in total. The van der Waals surface area contributed by atoms with E-state index in [9.17, 15) is 10.2 Å². The summed E-state index contributed by atoms with van der Waals surface area (Å²) in [6.45, 7) is 7.30. The van der Waals surface area contributed by atoms with Crippen LogP contribution in [0, 0.1) is 5.92 Å². The third-order valence-electron chi connectivity index (χ3n) is 2.25. The van der Waals surface area contributed by atoms with Crippen molar-refractivity contribution in [3.63, 3.8) is 0 Å². The van der Waals surface area contributed by atoms with E-state index in [1.165, 1.54) is 0 Å². The lowest BCUT2D eigenvalue weighted by atomic mass is 9.91. The average Bonchev–Trinajstić information content (AvgIpc) is 2.01. The van der Waals surface area contributed by atoms with Crippen LogP contribution < -0.4 is 0 Å². The molecule has 12 heavy (non-hydrogen) atoms. The van der Waals surface area contributed by atoms with E-state index >= 15 is 0 Å². The Hall–Kier alpha value is -0.340. The highest BCUT2D eigenvalue weighted by molar-refractivity contribution is 4.76. The van der Waals surface area contributed by atoms with E-state index < -0.39 is 12.2 Å². The molecular weight excluding hydrogens is 152 g/mol. The number of aliphatic hydroxyl groups is 2. The molecule has 0 bridgehead atoms. The normalized spacial score (nSPS) is 18.3. The third kappa shape index (κ3) is 3.88. The second-order valence-corrected chi connectivity index (χ2v) is 3.25. The summed E-state index contributed by atoms with van der Waals surface area (Å²) in [6, 6.07) is 0. The summed E-state index contributed by atoms with van der Waals surface area (Å²) in [7, 11) is 0.